The highest BCUT2D eigenvalue weighted by atomic mass is 16.6. The number of hydrogen-bond donors (Lipinski definition) is 1. The van der Waals surface area contributed by atoms with Gasteiger partial charge in [-0.3, -0.25) is 0 Å². The molecule has 4 heteroatoms. The maximum Gasteiger partial charge on any atom is 0.410 e. The molecule has 0 atom stereocenters. The Kier molecular flexibility index (Phi) is 3.13. The van der Waals surface area contributed by atoms with Gasteiger partial charge in [0.05, 0.1) is 0 Å². The van der Waals surface area contributed by atoms with Gasteiger partial charge < -0.3 is 15.0 Å². The predicted molar refractivity (Wildman–Crippen MR) is 71.5 cm³/mol. The first kappa shape index (κ1) is 13.7. The molecule has 0 bridgehead atoms. The van der Waals surface area contributed by atoms with Gasteiger partial charge in [-0.15, -0.1) is 0 Å². The Balaban J connectivity index is 2.00. The zero-order chi connectivity index (χ0) is 13.6. The lowest BCUT2D eigenvalue weighted by molar-refractivity contribution is -0.0704. The van der Waals surface area contributed by atoms with Gasteiger partial charge in [-0.1, -0.05) is 13.8 Å². The van der Waals surface area contributed by atoms with Gasteiger partial charge in [-0.05, 0) is 32.6 Å². The molecule has 0 aromatic rings. The number of amides is 1. The molecule has 0 aromatic carbocycles. The summed E-state index contributed by atoms with van der Waals surface area (Å²) in [6.45, 7) is 14.1. The molecule has 104 valence electrons. The lowest BCUT2D eigenvalue weighted by Gasteiger charge is -2.58. The van der Waals surface area contributed by atoms with Gasteiger partial charge in [-0.25, -0.2) is 4.79 Å². The molecule has 0 unspecified atom stereocenters. The van der Waals surface area contributed by atoms with Crippen LogP contribution in [0.5, 0.6) is 0 Å². The van der Waals surface area contributed by atoms with E-state index in [2.05, 4.69) is 19.2 Å². The molecule has 4 nitrogen and oxygen atoms in total. The van der Waals surface area contributed by atoms with E-state index < -0.39 is 5.60 Å². The minimum absolute atomic E-state index is 0.160. The summed E-state index contributed by atoms with van der Waals surface area (Å²) in [7, 11) is 0. The second-order valence-corrected chi connectivity index (χ2v) is 7.42. The Bertz CT molecular complexity index is 340. The minimum atomic E-state index is -0.408. The van der Waals surface area contributed by atoms with Gasteiger partial charge in [-0.2, -0.15) is 0 Å². The van der Waals surface area contributed by atoms with Crippen molar-refractivity contribution in [1.29, 1.82) is 0 Å². The Morgan fingerprint density at radius 2 is 1.89 bits per heavy atom. The molecular weight excluding hydrogens is 228 g/mol. The van der Waals surface area contributed by atoms with Crippen molar-refractivity contribution in [2.75, 3.05) is 26.2 Å². The van der Waals surface area contributed by atoms with Crippen LogP contribution in [0.3, 0.4) is 0 Å². The number of carbonyl (C=O) groups is 1. The maximum absolute atomic E-state index is 12.1. The molecule has 2 saturated heterocycles. The molecule has 0 aromatic heterocycles. The van der Waals surface area contributed by atoms with Gasteiger partial charge in [0.25, 0.3) is 0 Å². The number of piperidine rings is 1. The summed E-state index contributed by atoms with van der Waals surface area (Å²) < 4.78 is 5.46. The van der Waals surface area contributed by atoms with Crippen LogP contribution in [0, 0.1) is 10.8 Å². The molecule has 1 spiro atoms. The number of rotatable bonds is 0. The van der Waals surface area contributed by atoms with Crippen molar-refractivity contribution in [3.8, 4) is 0 Å². The molecular formula is C14H26N2O2. The fourth-order valence-electron chi connectivity index (χ4n) is 2.98. The standard InChI is InChI=1S/C14H26N2O2/c1-12(2,3)18-11(17)16-7-6-14(8-15-9-14)13(4,5)10-16/h15H,6-10H2,1-5H3. The van der Waals surface area contributed by atoms with Gasteiger partial charge in [0.2, 0.25) is 0 Å². The molecule has 2 rings (SSSR count). The summed E-state index contributed by atoms with van der Waals surface area (Å²) in [5.41, 5.74) is 0.132. The first-order valence-corrected chi connectivity index (χ1v) is 6.84. The van der Waals surface area contributed by atoms with E-state index in [1.54, 1.807) is 0 Å². The number of hydrogen-bond acceptors (Lipinski definition) is 3. The van der Waals surface area contributed by atoms with Crippen LogP contribution in [-0.4, -0.2) is 42.8 Å². The average molecular weight is 254 g/mol. The van der Waals surface area contributed by atoms with Crippen LogP contribution in [0.1, 0.15) is 41.0 Å². The summed E-state index contributed by atoms with van der Waals surface area (Å²) in [5.74, 6) is 0. The van der Waals surface area contributed by atoms with Gasteiger partial charge in [0.1, 0.15) is 5.60 Å². The minimum Gasteiger partial charge on any atom is -0.444 e. The number of carbonyl (C=O) groups excluding carboxylic acids is 1. The Labute approximate surface area is 110 Å². The highest BCUT2D eigenvalue weighted by molar-refractivity contribution is 5.68. The van der Waals surface area contributed by atoms with Crippen LogP contribution in [0.25, 0.3) is 0 Å². The zero-order valence-electron chi connectivity index (χ0n) is 12.3. The summed E-state index contributed by atoms with van der Waals surface area (Å²) >= 11 is 0. The van der Waals surface area contributed by atoms with Crippen LogP contribution in [-0.2, 0) is 4.74 Å². The van der Waals surface area contributed by atoms with Crippen LogP contribution in [0.15, 0.2) is 0 Å². The molecule has 0 radical (unpaired) electrons. The average Bonchev–Trinajstić information content (AvgIpc) is 2.10. The van der Waals surface area contributed by atoms with Gasteiger partial charge >= 0.3 is 6.09 Å². The van der Waals surface area contributed by atoms with Crippen molar-refractivity contribution >= 4 is 6.09 Å². The lowest BCUT2D eigenvalue weighted by Crippen LogP contribution is -2.67. The summed E-state index contributed by atoms with van der Waals surface area (Å²) in [5, 5.41) is 3.37. The third-order valence-electron chi connectivity index (χ3n) is 4.46. The third-order valence-corrected chi connectivity index (χ3v) is 4.46. The molecule has 2 aliphatic heterocycles. The monoisotopic (exact) mass is 254 g/mol. The van der Waals surface area contributed by atoms with Crippen LogP contribution in [0.2, 0.25) is 0 Å². The van der Waals surface area contributed by atoms with E-state index in [4.69, 9.17) is 4.74 Å². The normalized spacial score (nSPS) is 25.7. The molecule has 2 aliphatic rings. The van der Waals surface area contributed by atoms with E-state index >= 15 is 0 Å². The number of likely N-dealkylation sites (tertiary alicyclic amines) is 1. The van der Waals surface area contributed by atoms with Crippen molar-refractivity contribution < 1.29 is 9.53 Å². The molecule has 0 aliphatic carbocycles. The number of nitrogens with one attached hydrogen (secondary N) is 1. The van der Waals surface area contributed by atoms with Crippen LogP contribution < -0.4 is 5.32 Å². The Morgan fingerprint density at radius 1 is 1.28 bits per heavy atom. The highest BCUT2D eigenvalue weighted by Crippen LogP contribution is 2.48. The Morgan fingerprint density at radius 3 is 2.28 bits per heavy atom. The second-order valence-electron chi connectivity index (χ2n) is 7.42. The van der Waals surface area contributed by atoms with E-state index in [0.717, 1.165) is 32.6 Å². The zero-order valence-corrected chi connectivity index (χ0v) is 12.3. The van der Waals surface area contributed by atoms with Gasteiger partial charge in [0, 0.05) is 31.6 Å². The quantitative estimate of drug-likeness (QED) is 0.721. The summed E-state index contributed by atoms with van der Waals surface area (Å²) in [6.07, 6.45) is 0.907. The SMILES string of the molecule is CC(C)(C)OC(=O)N1CCC2(CNC2)C(C)(C)C1. The van der Waals surface area contributed by atoms with Gasteiger partial charge in [0.15, 0.2) is 0 Å². The fraction of sp³-hybridized carbons (Fsp3) is 0.929. The van der Waals surface area contributed by atoms with Crippen molar-refractivity contribution in [2.45, 2.75) is 46.6 Å². The van der Waals surface area contributed by atoms with Crippen LogP contribution >= 0.6 is 0 Å². The smallest absolute Gasteiger partial charge is 0.410 e. The van der Waals surface area contributed by atoms with Crippen molar-refractivity contribution in [1.82, 2.24) is 10.2 Å². The van der Waals surface area contributed by atoms with E-state index in [1.807, 2.05) is 25.7 Å². The van der Waals surface area contributed by atoms with E-state index in [9.17, 15) is 4.79 Å². The maximum atomic E-state index is 12.1. The number of ether oxygens (including phenoxy) is 1. The molecule has 2 fully saturated rings. The number of nitrogens with zero attached hydrogens (tertiary/aromatic N) is 1. The third kappa shape index (κ3) is 2.35. The summed E-state index contributed by atoms with van der Waals surface area (Å²) in [6, 6.07) is 0. The largest absolute Gasteiger partial charge is 0.444 e. The molecule has 1 N–H and O–H groups in total. The van der Waals surface area contributed by atoms with Crippen molar-refractivity contribution in [3.05, 3.63) is 0 Å². The first-order valence-electron chi connectivity index (χ1n) is 6.84. The summed E-state index contributed by atoms with van der Waals surface area (Å²) in [4.78, 5) is 14.0. The molecule has 18 heavy (non-hydrogen) atoms. The van der Waals surface area contributed by atoms with E-state index in [1.165, 1.54) is 0 Å². The molecule has 0 saturated carbocycles. The van der Waals surface area contributed by atoms with E-state index in [-0.39, 0.29) is 11.5 Å². The highest BCUT2D eigenvalue weighted by Gasteiger charge is 2.53. The second kappa shape index (κ2) is 4.12. The van der Waals surface area contributed by atoms with Crippen molar-refractivity contribution in [3.63, 3.8) is 0 Å². The Hall–Kier alpha value is -0.770. The first-order chi connectivity index (χ1) is 8.15. The lowest BCUT2D eigenvalue weighted by atomic mass is 9.58. The molecule has 1 amide bonds. The van der Waals surface area contributed by atoms with E-state index in [0.29, 0.717) is 5.41 Å². The molecule has 2 heterocycles. The van der Waals surface area contributed by atoms with Crippen LogP contribution in [0.4, 0.5) is 4.79 Å². The predicted octanol–water partition coefficient (Wildman–Crippen LogP) is 2.24. The van der Waals surface area contributed by atoms with Crippen molar-refractivity contribution in [2.24, 2.45) is 10.8 Å². The fourth-order valence-corrected chi connectivity index (χ4v) is 2.98. The topological polar surface area (TPSA) is 41.6 Å².